The smallest absolute Gasteiger partial charge is 0.285 e. The van der Waals surface area contributed by atoms with E-state index in [0.29, 0.717) is 10.8 Å². The van der Waals surface area contributed by atoms with Gasteiger partial charge >= 0.3 is 0 Å². The highest BCUT2D eigenvalue weighted by Crippen LogP contribution is 2.16. The number of hydrogen-bond acceptors (Lipinski definition) is 5. The number of hydrogen-bond donors (Lipinski definition) is 1. The van der Waals surface area contributed by atoms with Crippen LogP contribution in [-0.2, 0) is 11.3 Å². The monoisotopic (exact) mass is 351 g/mol. The zero-order valence-corrected chi connectivity index (χ0v) is 13.2. The molecule has 1 N–H and O–H groups in total. The number of aromatic nitrogens is 1. The molecule has 0 radical (unpaired) electrons. The standard InChI is InChI=1S/C15H14ClN3O5/c16-11-2-1-3-13(8-11)24-7-6-17-14(20)10-18-9-12(19(22)23)4-5-15(18)21/h1-5,8-9H,6-7,10H2,(H,17,20). The van der Waals surface area contributed by atoms with E-state index in [2.05, 4.69) is 5.32 Å². The van der Waals surface area contributed by atoms with Crippen molar-refractivity contribution in [3.63, 3.8) is 0 Å². The second kappa shape index (κ2) is 8.11. The molecule has 0 spiro atoms. The quantitative estimate of drug-likeness (QED) is 0.463. The van der Waals surface area contributed by atoms with Crippen LogP contribution in [0.15, 0.2) is 47.4 Å². The molecule has 0 aliphatic carbocycles. The molecular formula is C15H14ClN3O5. The van der Waals surface area contributed by atoms with E-state index in [1.807, 2.05) is 0 Å². The van der Waals surface area contributed by atoms with E-state index in [1.54, 1.807) is 24.3 Å². The Hall–Kier alpha value is -2.87. The number of ether oxygens (including phenoxy) is 1. The molecule has 1 heterocycles. The zero-order chi connectivity index (χ0) is 17.5. The Balaban J connectivity index is 1.82. The van der Waals surface area contributed by atoms with Gasteiger partial charge in [0, 0.05) is 17.2 Å². The van der Waals surface area contributed by atoms with Gasteiger partial charge in [-0.15, -0.1) is 0 Å². The van der Waals surface area contributed by atoms with Gasteiger partial charge in [0.05, 0.1) is 17.7 Å². The number of rotatable bonds is 7. The number of nitrogens with zero attached hydrogens (tertiary/aromatic N) is 2. The first-order valence-electron chi connectivity index (χ1n) is 6.95. The Bertz CT molecular complexity index is 806. The predicted octanol–water partition coefficient (Wildman–Crippen LogP) is 1.61. The molecule has 1 aromatic carbocycles. The van der Waals surface area contributed by atoms with E-state index in [4.69, 9.17) is 16.3 Å². The maximum atomic E-state index is 11.8. The maximum Gasteiger partial charge on any atom is 0.285 e. The number of carbonyl (C=O) groups is 1. The zero-order valence-electron chi connectivity index (χ0n) is 12.5. The number of benzene rings is 1. The lowest BCUT2D eigenvalue weighted by Gasteiger charge is -2.09. The number of carbonyl (C=O) groups excluding carboxylic acids is 1. The normalized spacial score (nSPS) is 10.2. The first kappa shape index (κ1) is 17.5. The van der Waals surface area contributed by atoms with Crippen molar-refractivity contribution in [1.82, 2.24) is 9.88 Å². The van der Waals surface area contributed by atoms with Crippen molar-refractivity contribution in [2.75, 3.05) is 13.2 Å². The Morgan fingerprint density at radius 3 is 2.83 bits per heavy atom. The van der Waals surface area contributed by atoms with Gasteiger partial charge in [-0.25, -0.2) is 0 Å². The Morgan fingerprint density at radius 2 is 2.12 bits per heavy atom. The molecule has 1 amide bonds. The molecule has 0 aliphatic rings. The molecule has 126 valence electrons. The van der Waals surface area contributed by atoms with E-state index >= 15 is 0 Å². The number of pyridine rings is 1. The largest absolute Gasteiger partial charge is 0.492 e. The van der Waals surface area contributed by atoms with Crippen molar-refractivity contribution in [3.8, 4) is 5.75 Å². The highest BCUT2D eigenvalue weighted by atomic mass is 35.5. The van der Waals surface area contributed by atoms with Crippen LogP contribution in [-0.4, -0.2) is 28.5 Å². The molecule has 8 nitrogen and oxygen atoms in total. The highest BCUT2D eigenvalue weighted by molar-refractivity contribution is 6.30. The minimum Gasteiger partial charge on any atom is -0.492 e. The molecule has 0 atom stereocenters. The Labute approximate surface area is 141 Å². The molecule has 0 saturated heterocycles. The average molecular weight is 352 g/mol. The third-order valence-corrected chi connectivity index (χ3v) is 3.22. The molecule has 0 aliphatic heterocycles. The first-order chi connectivity index (χ1) is 11.5. The second-order valence-corrected chi connectivity index (χ2v) is 5.20. The fourth-order valence-electron chi connectivity index (χ4n) is 1.88. The van der Waals surface area contributed by atoms with E-state index in [1.165, 1.54) is 0 Å². The van der Waals surface area contributed by atoms with Crippen LogP contribution in [0.4, 0.5) is 5.69 Å². The van der Waals surface area contributed by atoms with Crippen molar-refractivity contribution in [3.05, 3.63) is 68.1 Å². The summed E-state index contributed by atoms with van der Waals surface area (Å²) >= 11 is 5.82. The fourth-order valence-corrected chi connectivity index (χ4v) is 2.06. The predicted molar refractivity (Wildman–Crippen MR) is 87.3 cm³/mol. The van der Waals surface area contributed by atoms with Crippen LogP contribution in [0.3, 0.4) is 0 Å². The van der Waals surface area contributed by atoms with Crippen LogP contribution in [0.2, 0.25) is 5.02 Å². The van der Waals surface area contributed by atoms with Gasteiger partial charge in [-0.2, -0.15) is 0 Å². The summed E-state index contributed by atoms with van der Waals surface area (Å²) in [5.41, 5.74) is -0.752. The van der Waals surface area contributed by atoms with Gasteiger partial charge < -0.3 is 10.1 Å². The second-order valence-electron chi connectivity index (χ2n) is 4.77. The fraction of sp³-hybridized carbons (Fsp3) is 0.200. The summed E-state index contributed by atoms with van der Waals surface area (Å²) in [5.74, 6) is 0.124. The lowest BCUT2D eigenvalue weighted by atomic mass is 10.3. The molecular weight excluding hydrogens is 338 g/mol. The van der Waals surface area contributed by atoms with Gasteiger partial charge in [-0.1, -0.05) is 17.7 Å². The average Bonchev–Trinajstić information content (AvgIpc) is 2.53. The molecule has 0 bridgehead atoms. The van der Waals surface area contributed by atoms with E-state index < -0.39 is 16.4 Å². The van der Waals surface area contributed by atoms with E-state index in [0.717, 1.165) is 22.9 Å². The Kier molecular flexibility index (Phi) is 5.91. The van der Waals surface area contributed by atoms with Crippen LogP contribution in [0.5, 0.6) is 5.75 Å². The van der Waals surface area contributed by atoms with Gasteiger partial charge in [0.2, 0.25) is 5.91 Å². The van der Waals surface area contributed by atoms with Gasteiger partial charge in [0.25, 0.3) is 11.2 Å². The summed E-state index contributed by atoms with van der Waals surface area (Å²) in [6.45, 7) is 0.128. The molecule has 2 rings (SSSR count). The lowest BCUT2D eigenvalue weighted by molar-refractivity contribution is -0.385. The first-order valence-corrected chi connectivity index (χ1v) is 7.33. The minimum atomic E-state index is -0.632. The van der Waals surface area contributed by atoms with E-state index in [-0.39, 0.29) is 25.4 Å². The van der Waals surface area contributed by atoms with Crippen LogP contribution in [0.1, 0.15) is 0 Å². The summed E-state index contributed by atoms with van der Waals surface area (Å²) in [7, 11) is 0. The highest BCUT2D eigenvalue weighted by Gasteiger charge is 2.10. The third-order valence-electron chi connectivity index (χ3n) is 2.98. The Morgan fingerprint density at radius 1 is 1.33 bits per heavy atom. The maximum absolute atomic E-state index is 11.8. The van der Waals surface area contributed by atoms with Crippen molar-refractivity contribution in [1.29, 1.82) is 0 Å². The molecule has 0 saturated carbocycles. The number of nitro groups is 1. The summed E-state index contributed by atoms with van der Waals surface area (Å²) in [6, 6.07) is 8.98. The van der Waals surface area contributed by atoms with Gasteiger partial charge in [0.1, 0.15) is 18.9 Å². The molecule has 1 aromatic heterocycles. The lowest BCUT2D eigenvalue weighted by Crippen LogP contribution is -2.34. The van der Waals surface area contributed by atoms with Gasteiger partial charge in [-0.3, -0.25) is 24.3 Å². The molecule has 2 aromatic rings. The SMILES string of the molecule is O=C(Cn1cc([N+](=O)[O-])ccc1=O)NCCOc1cccc(Cl)c1. The summed E-state index contributed by atoms with van der Waals surface area (Å²) < 4.78 is 6.38. The molecule has 0 unspecified atom stereocenters. The third kappa shape index (κ3) is 5.10. The molecule has 0 fully saturated rings. The van der Waals surface area contributed by atoms with Crippen LogP contribution < -0.4 is 15.6 Å². The summed E-state index contributed by atoms with van der Waals surface area (Å²) in [6.07, 6.45) is 1.03. The van der Waals surface area contributed by atoms with Crippen molar-refractivity contribution >= 4 is 23.2 Å². The van der Waals surface area contributed by atoms with Gasteiger partial charge in [0.15, 0.2) is 0 Å². The van der Waals surface area contributed by atoms with Crippen LogP contribution >= 0.6 is 11.6 Å². The topological polar surface area (TPSA) is 103 Å². The van der Waals surface area contributed by atoms with Crippen molar-refractivity contribution < 1.29 is 14.5 Å². The molecule has 9 heteroatoms. The van der Waals surface area contributed by atoms with Crippen LogP contribution in [0.25, 0.3) is 0 Å². The number of halogens is 1. The van der Waals surface area contributed by atoms with Gasteiger partial charge in [-0.05, 0) is 18.2 Å². The number of amides is 1. The molecule has 24 heavy (non-hydrogen) atoms. The summed E-state index contributed by atoms with van der Waals surface area (Å²) in [5, 5.41) is 13.8. The van der Waals surface area contributed by atoms with Crippen molar-refractivity contribution in [2.24, 2.45) is 0 Å². The summed E-state index contributed by atoms with van der Waals surface area (Å²) in [4.78, 5) is 33.4. The van der Waals surface area contributed by atoms with Crippen LogP contribution in [0, 0.1) is 10.1 Å². The van der Waals surface area contributed by atoms with Crippen molar-refractivity contribution in [2.45, 2.75) is 6.54 Å². The van der Waals surface area contributed by atoms with E-state index in [9.17, 15) is 19.7 Å². The minimum absolute atomic E-state index is 0.217. The number of nitrogens with one attached hydrogen (secondary N) is 1.